The molecule has 0 aliphatic carbocycles. The Bertz CT molecular complexity index is 258. The molecule has 0 amide bonds. The maximum absolute atomic E-state index is 10.9. The van der Waals surface area contributed by atoms with Crippen molar-refractivity contribution in [2.75, 3.05) is 7.11 Å². The summed E-state index contributed by atoms with van der Waals surface area (Å²) in [5.41, 5.74) is 0.384. The molecular formula is C7H7Cl2NO2. The van der Waals surface area contributed by atoms with Gasteiger partial charge in [0, 0.05) is 6.20 Å². The van der Waals surface area contributed by atoms with Crippen LogP contribution in [-0.2, 0) is 9.53 Å². The van der Waals surface area contributed by atoms with Crippen molar-refractivity contribution in [2.24, 2.45) is 0 Å². The van der Waals surface area contributed by atoms with Gasteiger partial charge in [-0.15, -0.1) is 0 Å². The Morgan fingerprint density at radius 1 is 1.67 bits per heavy atom. The zero-order valence-electron chi connectivity index (χ0n) is 6.30. The van der Waals surface area contributed by atoms with E-state index in [9.17, 15) is 4.79 Å². The molecule has 0 radical (unpaired) electrons. The van der Waals surface area contributed by atoms with Crippen LogP contribution in [0.2, 0.25) is 0 Å². The Labute approximate surface area is 80.0 Å². The van der Waals surface area contributed by atoms with Gasteiger partial charge < -0.3 is 10.1 Å². The van der Waals surface area contributed by atoms with Crippen LogP contribution in [0, 0.1) is 0 Å². The molecule has 3 nitrogen and oxygen atoms in total. The number of halogens is 2. The molecule has 1 aliphatic heterocycles. The topological polar surface area (TPSA) is 38.3 Å². The molecule has 12 heavy (non-hydrogen) atoms. The van der Waals surface area contributed by atoms with E-state index < -0.39 is 10.4 Å². The van der Waals surface area contributed by atoms with Gasteiger partial charge in [-0.05, 0) is 12.2 Å². The highest BCUT2D eigenvalue weighted by Gasteiger charge is 2.22. The minimum absolute atomic E-state index is 0.384. The number of nitrogens with one attached hydrogen (secondary N) is 1. The number of dihydropyridines is 1. The van der Waals surface area contributed by atoms with Gasteiger partial charge in [0.25, 0.3) is 0 Å². The summed E-state index contributed by atoms with van der Waals surface area (Å²) in [6, 6.07) is 0. The van der Waals surface area contributed by atoms with Crippen molar-refractivity contribution < 1.29 is 9.53 Å². The molecule has 1 heterocycles. The molecule has 0 fully saturated rings. The second-order valence-corrected chi connectivity index (χ2v) is 3.58. The smallest absolute Gasteiger partial charge is 0.339 e. The molecule has 0 aromatic carbocycles. The van der Waals surface area contributed by atoms with E-state index >= 15 is 0 Å². The molecule has 1 N–H and O–H groups in total. The molecule has 0 spiro atoms. The van der Waals surface area contributed by atoms with Crippen LogP contribution in [0.15, 0.2) is 23.9 Å². The largest absolute Gasteiger partial charge is 0.465 e. The average molecular weight is 208 g/mol. The molecule has 66 valence electrons. The lowest BCUT2D eigenvalue weighted by Crippen LogP contribution is -2.30. The molecule has 0 unspecified atom stereocenters. The Hall–Kier alpha value is -0.670. The van der Waals surface area contributed by atoms with Crippen LogP contribution in [0.5, 0.6) is 0 Å². The summed E-state index contributed by atoms with van der Waals surface area (Å²) in [6.45, 7) is 0. The number of carbonyl (C=O) groups excluding carboxylic acids is 1. The maximum Gasteiger partial charge on any atom is 0.339 e. The third-order valence-electron chi connectivity index (χ3n) is 1.31. The van der Waals surface area contributed by atoms with E-state index in [0.717, 1.165) is 0 Å². The van der Waals surface area contributed by atoms with Crippen molar-refractivity contribution in [1.82, 2.24) is 5.32 Å². The molecule has 1 rings (SSSR count). The molecule has 0 atom stereocenters. The lowest BCUT2D eigenvalue weighted by atomic mass is 10.2. The van der Waals surface area contributed by atoms with Crippen LogP contribution < -0.4 is 5.32 Å². The van der Waals surface area contributed by atoms with Gasteiger partial charge in [-0.1, -0.05) is 23.2 Å². The number of ether oxygens (including phenoxy) is 1. The fourth-order valence-electron chi connectivity index (χ4n) is 0.709. The molecular weight excluding hydrogens is 201 g/mol. The third kappa shape index (κ3) is 2.16. The predicted octanol–water partition coefficient (Wildman–Crippen LogP) is 1.33. The van der Waals surface area contributed by atoms with Crippen LogP contribution in [-0.4, -0.2) is 17.5 Å². The highest BCUT2D eigenvalue weighted by Crippen LogP contribution is 2.23. The highest BCUT2D eigenvalue weighted by atomic mass is 35.5. The summed E-state index contributed by atoms with van der Waals surface area (Å²) in [5.74, 6) is -0.428. The summed E-state index contributed by atoms with van der Waals surface area (Å²) >= 11 is 11.3. The van der Waals surface area contributed by atoms with Crippen LogP contribution in [0.1, 0.15) is 0 Å². The molecule has 0 aromatic heterocycles. The summed E-state index contributed by atoms with van der Waals surface area (Å²) in [7, 11) is 1.31. The van der Waals surface area contributed by atoms with Crippen LogP contribution in [0.3, 0.4) is 0 Å². The summed E-state index contributed by atoms with van der Waals surface area (Å²) in [5, 5.41) is 2.60. The Morgan fingerprint density at radius 2 is 2.33 bits per heavy atom. The standard InChI is InChI=1S/C7H7Cl2NO2/c1-12-6(11)5-2-3-7(8,9)10-4-5/h2-4,10H,1H3. The first-order valence-electron chi connectivity index (χ1n) is 3.18. The van der Waals surface area contributed by atoms with Gasteiger partial charge >= 0.3 is 5.97 Å². The Kier molecular flexibility index (Phi) is 2.65. The molecule has 0 aromatic rings. The van der Waals surface area contributed by atoms with Gasteiger partial charge in [0.2, 0.25) is 4.46 Å². The van der Waals surface area contributed by atoms with Gasteiger partial charge in [0.05, 0.1) is 12.7 Å². The van der Waals surface area contributed by atoms with Crippen molar-refractivity contribution in [2.45, 2.75) is 4.46 Å². The SMILES string of the molecule is COC(=O)C1=CNC(Cl)(Cl)C=C1. The molecule has 0 bridgehead atoms. The summed E-state index contributed by atoms with van der Waals surface area (Å²) in [4.78, 5) is 10.9. The molecule has 0 saturated carbocycles. The van der Waals surface area contributed by atoms with Crippen LogP contribution in [0.25, 0.3) is 0 Å². The molecule has 1 aliphatic rings. The number of alkyl halides is 2. The number of methoxy groups -OCH3 is 1. The fraction of sp³-hybridized carbons (Fsp3) is 0.286. The second-order valence-electron chi connectivity index (χ2n) is 2.19. The van der Waals surface area contributed by atoms with E-state index in [4.69, 9.17) is 23.2 Å². The van der Waals surface area contributed by atoms with E-state index in [1.165, 1.54) is 25.5 Å². The van der Waals surface area contributed by atoms with Gasteiger partial charge in [-0.2, -0.15) is 0 Å². The molecule has 0 saturated heterocycles. The second kappa shape index (κ2) is 3.37. The van der Waals surface area contributed by atoms with E-state index in [-0.39, 0.29) is 0 Å². The molecule has 5 heteroatoms. The van der Waals surface area contributed by atoms with E-state index in [1.54, 1.807) is 0 Å². The van der Waals surface area contributed by atoms with Gasteiger partial charge in [0.15, 0.2) is 0 Å². The number of esters is 1. The lowest BCUT2D eigenvalue weighted by Gasteiger charge is -2.19. The number of carbonyl (C=O) groups is 1. The van der Waals surface area contributed by atoms with Crippen molar-refractivity contribution >= 4 is 29.2 Å². The Balaban J connectivity index is 2.71. The van der Waals surface area contributed by atoms with Gasteiger partial charge in [-0.3, -0.25) is 0 Å². The minimum atomic E-state index is -1.13. The average Bonchev–Trinajstić information content (AvgIpc) is 2.03. The van der Waals surface area contributed by atoms with Gasteiger partial charge in [-0.25, -0.2) is 4.79 Å². The monoisotopic (exact) mass is 207 g/mol. The summed E-state index contributed by atoms with van der Waals surface area (Å²) in [6.07, 6.45) is 4.37. The number of hydrogen-bond acceptors (Lipinski definition) is 3. The first-order valence-corrected chi connectivity index (χ1v) is 3.94. The quantitative estimate of drug-likeness (QED) is 0.401. The van der Waals surface area contributed by atoms with Crippen LogP contribution >= 0.6 is 23.2 Å². The van der Waals surface area contributed by atoms with Gasteiger partial charge in [0.1, 0.15) is 0 Å². The number of hydrogen-bond donors (Lipinski definition) is 1. The first kappa shape index (κ1) is 9.42. The van der Waals surface area contributed by atoms with Crippen molar-refractivity contribution in [1.29, 1.82) is 0 Å². The predicted molar refractivity (Wildman–Crippen MR) is 46.8 cm³/mol. The van der Waals surface area contributed by atoms with E-state index in [0.29, 0.717) is 5.57 Å². The fourth-order valence-corrected chi connectivity index (χ4v) is 0.945. The number of rotatable bonds is 1. The highest BCUT2D eigenvalue weighted by molar-refractivity contribution is 6.49. The van der Waals surface area contributed by atoms with Crippen molar-refractivity contribution in [3.8, 4) is 0 Å². The zero-order chi connectivity index (χ0) is 9.19. The minimum Gasteiger partial charge on any atom is -0.465 e. The third-order valence-corrected chi connectivity index (χ3v) is 1.78. The van der Waals surface area contributed by atoms with Crippen LogP contribution in [0.4, 0.5) is 0 Å². The van der Waals surface area contributed by atoms with E-state index in [1.807, 2.05) is 0 Å². The summed E-state index contributed by atoms with van der Waals surface area (Å²) < 4.78 is 3.35. The normalized spacial score (nSPS) is 19.4. The lowest BCUT2D eigenvalue weighted by molar-refractivity contribution is -0.135. The Morgan fingerprint density at radius 3 is 2.75 bits per heavy atom. The van der Waals surface area contributed by atoms with E-state index in [2.05, 4.69) is 10.1 Å². The zero-order valence-corrected chi connectivity index (χ0v) is 7.82. The van der Waals surface area contributed by atoms with Crippen molar-refractivity contribution in [3.05, 3.63) is 23.9 Å². The maximum atomic E-state index is 10.9. The first-order chi connectivity index (χ1) is 5.55. The van der Waals surface area contributed by atoms with Crippen molar-refractivity contribution in [3.63, 3.8) is 0 Å².